The summed E-state index contributed by atoms with van der Waals surface area (Å²) in [4.78, 5) is 15.4. The summed E-state index contributed by atoms with van der Waals surface area (Å²) in [7, 11) is 1.60. The van der Waals surface area contributed by atoms with Gasteiger partial charge in [-0.2, -0.15) is 0 Å². The first kappa shape index (κ1) is 10.7. The van der Waals surface area contributed by atoms with E-state index in [0.29, 0.717) is 5.75 Å². The molecule has 1 aromatic rings. The maximum absolute atomic E-state index is 11.3. The highest BCUT2D eigenvalue weighted by atomic mass is 16.5. The molecular formula is C12H14N2O2. The largest absolute Gasteiger partial charge is 0.495 e. The van der Waals surface area contributed by atoms with Crippen LogP contribution in [0.5, 0.6) is 5.75 Å². The standard InChI is InChI=1S/C12H14N2O2/c1-3-11(15)14-12(4-5-12)9-6-10(16-2)8-13-7-9/h3,6-8H,1,4-5H2,2H3,(H,14,15). The molecule has 0 aromatic carbocycles. The lowest BCUT2D eigenvalue weighted by Gasteiger charge is -2.16. The van der Waals surface area contributed by atoms with Crippen LogP contribution in [0.3, 0.4) is 0 Å². The number of nitrogens with one attached hydrogen (secondary N) is 1. The van der Waals surface area contributed by atoms with E-state index in [4.69, 9.17) is 4.74 Å². The molecule has 16 heavy (non-hydrogen) atoms. The normalized spacial score (nSPS) is 16.3. The van der Waals surface area contributed by atoms with Crippen LogP contribution in [-0.4, -0.2) is 18.0 Å². The van der Waals surface area contributed by atoms with E-state index in [1.807, 2.05) is 6.07 Å². The number of rotatable bonds is 4. The van der Waals surface area contributed by atoms with Gasteiger partial charge in [0, 0.05) is 6.20 Å². The Morgan fingerprint density at radius 2 is 2.38 bits per heavy atom. The van der Waals surface area contributed by atoms with Crippen LogP contribution in [0, 0.1) is 0 Å². The molecule has 1 aromatic heterocycles. The maximum Gasteiger partial charge on any atom is 0.244 e. The monoisotopic (exact) mass is 218 g/mol. The van der Waals surface area contributed by atoms with E-state index in [-0.39, 0.29) is 11.4 Å². The number of hydrogen-bond acceptors (Lipinski definition) is 3. The zero-order valence-corrected chi connectivity index (χ0v) is 9.19. The molecule has 0 bridgehead atoms. The molecule has 0 saturated heterocycles. The van der Waals surface area contributed by atoms with Gasteiger partial charge < -0.3 is 10.1 Å². The number of aromatic nitrogens is 1. The van der Waals surface area contributed by atoms with Crippen LogP contribution in [0.1, 0.15) is 18.4 Å². The van der Waals surface area contributed by atoms with Gasteiger partial charge >= 0.3 is 0 Å². The lowest BCUT2D eigenvalue weighted by atomic mass is 10.1. The highest BCUT2D eigenvalue weighted by Gasteiger charge is 2.45. The van der Waals surface area contributed by atoms with Gasteiger partial charge in [-0.3, -0.25) is 9.78 Å². The van der Waals surface area contributed by atoms with Crippen molar-refractivity contribution in [1.82, 2.24) is 10.3 Å². The zero-order chi connectivity index (χ0) is 11.6. The molecule has 1 fully saturated rings. The SMILES string of the molecule is C=CC(=O)NC1(c2cncc(OC)c2)CC1. The third-order valence-electron chi connectivity index (χ3n) is 2.80. The second-order valence-corrected chi connectivity index (χ2v) is 3.89. The van der Waals surface area contributed by atoms with Gasteiger partial charge in [-0.1, -0.05) is 6.58 Å². The molecule has 84 valence electrons. The molecule has 1 aliphatic rings. The van der Waals surface area contributed by atoms with Crippen molar-refractivity contribution in [2.75, 3.05) is 7.11 Å². The summed E-state index contributed by atoms with van der Waals surface area (Å²) in [5.74, 6) is 0.553. The van der Waals surface area contributed by atoms with Gasteiger partial charge in [-0.15, -0.1) is 0 Å². The van der Waals surface area contributed by atoms with Gasteiger partial charge in [-0.05, 0) is 30.5 Å². The van der Waals surface area contributed by atoms with Crippen LogP contribution < -0.4 is 10.1 Å². The molecule has 0 aliphatic heterocycles. The second-order valence-electron chi connectivity index (χ2n) is 3.89. The van der Waals surface area contributed by atoms with Crippen LogP contribution in [0.2, 0.25) is 0 Å². The van der Waals surface area contributed by atoms with Crippen LogP contribution >= 0.6 is 0 Å². The van der Waals surface area contributed by atoms with E-state index in [1.54, 1.807) is 19.5 Å². The Hall–Kier alpha value is -1.84. The summed E-state index contributed by atoms with van der Waals surface area (Å²) in [6.45, 7) is 3.45. The van der Waals surface area contributed by atoms with Crippen LogP contribution in [0.15, 0.2) is 31.1 Å². The Morgan fingerprint density at radius 3 is 2.94 bits per heavy atom. The van der Waals surface area contributed by atoms with Crippen molar-refractivity contribution in [1.29, 1.82) is 0 Å². The molecule has 4 heteroatoms. The quantitative estimate of drug-likeness (QED) is 0.777. The number of amides is 1. The first-order valence-electron chi connectivity index (χ1n) is 5.14. The summed E-state index contributed by atoms with van der Waals surface area (Å²) in [6.07, 6.45) is 6.56. The maximum atomic E-state index is 11.3. The van der Waals surface area contributed by atoms with E-state index in [0.717, 1.165) is 18.4 Å². The molecule has 1 amide bonds. The van der Waals surface area contributed by atoms with Crippen molar-refractivity contribution < 1.29 is 9.53 Å². The summed E-state index contributed by atoms with van der Waals surface area (Å²) in [5, 5.41) is 2.93. The zero-order valence-electron chi connectivity index (χ0n) is 9.19. The summed E-state index contributed by atoms with van der Waals surface area (Å²) < 4.78 is 5.11. The predicted molar refractivity (Wildman–Crippen MR) is 60.0 cm³/mol. The Labute approximate surface area is 94.3 Å². The lowest BCUT2D eigenvalue weighted by Crippen LogP contribution is -2.33. The fraction of sp³-hybridized carbons (Fsp3) is 0.333. The Balaban J connectivity index is 2.22. The summed E-state index contributed by atoms with van der Waals surface area (Å²) >= 11 is 0. The Morgan fingerprint density at radius 1 is 1.62 bits per heavy atom. The average molecular weight is 218 g/mol. The third kappa shape index (κ3) is 1.91. The number of carbonyl (C=O) groups is 1. The third-order valence-corrected chi connectivity index (χ3v) is 2.80. The fourth-order valence-electron chi connectivity index (χ4n) is 1.69. The van der Waals surface area contributed by atoms with Crippen molar-refractivity contribution >= 4 is 5.91 Å². The first-order valence-corrected chi connectivity index (χ1v) is 5.14. The van der Waals surface area contributed by atoms with E-state index in [1.165, 1.54) is 6.08 Å². The van der Waals surface area contributed by atoms with Crippen molar-refractivity contribution in [3.8, 4) is 5.75 Å². The number of pyridine rings is 1. The lowest BCUT2D eigenvalue weighted by molar-refractivity contribution is -0.117. The van der Waals surface area contributed by atoms with Gasteiger partial charge in [0.2, 0.25) is 5.91 Å². The molecule has 1 aliphatic carbocycles. The number of methoxy groups -OCH3 is 1. The van der Waals surface area contributed by atoms with Gasteiger partial charge in [0.05, 0.1) is 18.8 Å². The molecule has 1 N–H and O–H groups in total. The number of carbonyl (C=O) groups excluding carboxylic acids is 1. The number of hydrogen-bond donors (Lipinski definition) is 1. The van der Waals surface area contributed by atoms with Crippen LogP contribution in [0.25, 0.3) is 0 Å². The highest BCUT2D eigenvalue weighted by Crippen LogP contribution is 2.45. The molecular weight excluding hydrogens is 204 g/mol. The number of nitrogens with zero attached hydrogens (tertiary/aromatic N) is 1. The Bertz CT molecular complexity index is 425. The van der Waals surface area contributed by atoms with Crippen LogP contribution in [0.4, 0.5) is 0 Å². The minimum atomic E-state index is -0.257. The van der Waals surface area contributed by atoms with Crippen molar-refractivity contribution in [2.45, 2.75) is 18.4 Å². The summed E-state index contributed by atoms with van der Waals surface area (Å²) in [5.41, 5.74) is 0.731. The minimum Gasteiger partial charge on any atom is -0.495 e. The highest BCUT2D eigenvalue weighted by molar-refractivity contribution is 5.88. The van der Waals surface area contributed by atoms with E-state index in [9.17, 15) is 4.79 Å². The minimum absolute atomic E-state index is 0.152. The van der Waals surface area contributed by atoms with Gasteiger partial charge in [0.25, 0.3) is 0 Å². The fourth-order valence-corrected chi connectivity index (χ4v) is 1.69. The Kier molecular flexibility index (Phi) is 2.64. The number of ether oxygens (including phenoxy) is 1. The molecule has 0 atom stereocenters. The van der Waals surface area contributed by atoms with Crippen molar-refractivity contribution in [2.24, 2.45) is 0 Å². The smallest absolute Gasteiger partial charge is 0.244 e. The molecule has 0 radical (unpaired) electrons. The van der Waals surface area contributed by atoms with Gasteiger partial charge in [0.1, 0.15) is 5.75 Å². The molecule has 1 heterocycles. The molecule has 0 unspecified atom stereocenters. The van der Waals surface area contributed by atoms with Crippen LogP contribution in [-0.2, 0) is 10.3 Å². The second kappa shape index (κ2) is 3.96. The van der Waals surface area contributed by atoms with Gasteiger partial charge in [0.15, 0.2) is 0 Å². The van der Waals surface area contributed by atoms with Crippen molar-refractivity contribution in [3.63, 3.8) is 0 Å². The summed E-state index contributed by atoms with van der Waals surface area (Å²) in [6, 6.07) is 1.91. The topological polar surface area (TPSA) is 51.2 Å². The first-order chi connectivity index (χ1) is 7.70. The van der Waals surface area contributed by atoms with E-state index in [2.05, 4.69) is 16.9 Å². The molecule has 4 nitrogen and oxygen atoms in total. The molecule has 0 spiro atoms. The molecule has 1 saturated carbocycles. The van der Waals surface area contributed by atoms with Gasteiger partial charge in [-0.25, -0.2) is 0 Å². The predicted octanol–water partition coefficient (Wildman–Crippen LogP) is 1.38. The van der Waals surface area contributed by atoms with E-state index < -0.39 is 0 Å². The van der Waals surface area contributed by atoms with Crippen molar-refractivity contribution in [3.05, 3.63) is 36.7 Å². The molecule has 2 rings (SSSR count). The van der Waals surface area contributed by atoms with E-state index >= 15 is 0 Å². The average Bonchev–Trinajstić information content (AvgIpc) is 3.10.